The molecule has 27 heavy (non-hydrogen) atoms. The summed E-state index contributed by atoms with van der Waals surface area (Å²) in [5.41, 5.74) is 7.14. The average molecular weight is 417 g/mol. The van der Waals surface area contributed by atoms with Crippen molar-refractivity contribution in [3.8, 4) is 0 Å². The van der Waals surface area contributed by atoms with Crippen molar-refractivity contribution >= 4 is 36.6 Å². The van der Waals surface area contributed by atoms with Gasteiger partial charge in [0, 0.05) is 44.7 Å². The molecule has 1 aromatic carbocycles. The van der Waals surface area contributed by atoms with E-state index in [2.05, 4.69) is 34.5 Å². The number of nitrogens with one attached hydrogen (secondary N) is 1. The van der Waals surface area contributed by atoms with Gasteiger partial charge in [-0.05, 0) is 24.8 Å². The van der Waals surface area contributed by atoms with E-state index in [1.807, 2.05) is 11.0 Å². The van der Waals surface area contributed by atoms with Crippen LogP contribution in [0.2, 0.25) is 0 Å². The average Bonchev–Trinajstić information content (AvgIpc) is 3.07. The van der Waals surface area contributed by atoms with Crippen LogP contribution in [-0.4, -0.2) is 60.4 Å². The number of hydrogen-bond acceptors (Lipinski definition) is 4. The van der Waals surface area contributed by atoms with E-state index >= 15 is 0 Å². The molecular weight excluding hydrogens is 387 g/mol. The van der Waals surface area contributed by atoms with Gasteiger partial charge in [-0.2, -0.15) is 0 Å². The van der Waals surface area contributed by atoms with Crippen LogP contribution < -0.4 is 11.1 Å². The Bertz CT molecular complexity index is 595. The summed E-state index contributed by atoms with van der Waals surface area (Å²) in [6.45, 7) is 4.19. The van der Waals surface area contributed by atoms with Crippen LogP contribution >= 0.6 is 24.8 Å². The van der Waals surface area contributed by atoms with Crippen molar-refractivity contribution in [3.63, 3.8) is 0 Å². The normalized spacial score (nSPS) is 22.5. The van der Waals surface area contributed by atoms with E-state index in [9.17, 15) is 9.59 Å². The molecule has 1 saturated heterocycles. The Morgan fingerprint density at radius 3 is 2.30 bits per heavy atom. The highest BCUT2D eigenvalue weighted by atomic mass is 35.5. The molecular formula is C19H30Cl2N4O2. The molecule has 1 saturated carbocycles. The van der Waals surface area contributed by atoms with E-state index in [1.165, 1.54) is 5.56 Å². The Hall–Kier alpha value is -1.34. The lowest BCUT2D eigenvalue weighted by Crippen LogP contribution is -2.51. The van der Waals surface area contributed by atoms with Crippen LogP contribution in [0.4, 0.5) is 0 Å². The fraction of sp³-hybridized carbons (Fsp3) is 0.579. The Morgan fingerprint density at radius 1 is 1.04 bits per heavy atom. The second-order valence-electron chi connectivity index (χ2n) is 7.13. The van der Waals surface area contributed by atoms with Crippen LogP contribution in [0.25, 0.3) is 0 Å². The molecule has 1 aromatic rings. The van der Waals surface area contributed by atoms with Crippen LogP contribution in [0.5, 0.6) is 0 Å². The van der Waals surface area contributed by atoms with Crippen molar-refractivity contribution in [2.45, 2.75) is 31.8 Å². The van der Waals surface area contributed by atoms with Crippen molar-refractivity contribution in [1.29, 1.82) is 0 Å². The molecule has 0 radical (unpaired) electrons. The van der Waals surface area contributed by atoms with Crippen molar-refractivity contribution in [3.05, 3.63) is 35.9 Å². The standard InChI is InChI=1S/C19H28N4O2.2ClH/c20-17-7-6-16(12-17)19(25)21-13-18(24)23-10-8-22(9-11-23)14-15-4-2-1-3-5-15;;/h1-5,16-17H,6-14,20H2,(H,21,25);2*1H. The summed E-state index contributed by atoms with van der Waals surface area (Å²) < 4.78 is 0. The Labute approximate surface area is 173 Å². The third kappa shape index (κ3) is 6.96. The number of amides is 2. The Kier molecular flexibility index (Phi) is 10.1. The van der Waals surface area contributed by atoms with E-state index in [0.29, 0.717) is 0 Å². The zero-order valence-corrected chi connectivity index (χ0v) is 17.1. The van der Waals surface area contributed by atoms with Gasteiger partial charge in [0.15, 0.2) is 0 Å². The number of carbonyl (C=O) groups excluding carboxylic acids is 2. The molecule has 1 aliphatic carbocycles. The first-order valence-corrected chi connectivity index (χ1v) is 9.19. The van der Waals surface area contributed by atoms with Gasteiger partial charge in [0.2, 0.25) is 11.8 Å². The molecule has 0 spiro atoms. The molecule has 1 heterocycles. The van der Waals surface area contributed by atoms with Crippen LogP contribution in [0, 0.1) is 5.92 Å². The maximum Gasteiger partial charge on any atom is 0.242 e. The summed E-state index contributed by atoms with van der Waals surface area (Å²) in [6, 6.07) is 10.5. The molecule has 3 rings (SSSR count). The van der Waals surface area contributed by atoms with E-state index < -0.39 is 0 Å². The minimum Gasteiger partial charge on any atom is -0.347 e. The minimum atomic E-state index is -0.0241. The number of rotatable bonds is 5. The first kappa shape index (κ1) is 23.7. The predicted molar refractivity (Wildman–Crippen MR) is 111 cm³/mol. The highest BCUT2D eigenvalue weighted by molar-refractivity contribution is 5.86. The molecule has 1 aliphatic heterocycles. The Balaban J connectivity index is 0.00000182. The largest absolute Gasteiger partial charge is 0.347 e. The maximum atomic E-state index is 12.3. The van der Waals surface area contributed by atoms with E-state index in [4.69, 9.17) is 5.73 Å². The second-order valence-corrected chi connectivity index (χ2v) is 7.13. The molecule has 8 heteroatoms. The molecule has 3 N–H and O–H groups in total. The molecule has 6 nitrogen and oxygen atoms in total. The van der Waals surface area contributed by atoms with Gasteiger partial charge in [-0.15, -0.1) is 24.8 Å². The van der Waals surface area contributed by atoms with Crippen molar-refractivity contribution in [2.75, 3.05) is 32.7 Å². The lowest BCUT2D eigenvalue weighted by molar-refractivity contribution is -0.135. The molecule has 152 valence electrons. The number of piperazine rings is 1. The van der Waals surface area contributed by atoms with Crippen LogP contribution in [-0.2, 0) is 16.1 Å². The van der Waals surface area contributed by atoms with Crippen LogP contribution in [0.15, 0.2) is 30.3 Å². The Morgan fingerprint density at radius 2 is 1.70 bits per heavy atom. The van der Waals surface area contributed by atoms with Crippen LogP contribution in [0.1, 0.15) is 24.8 Å². The first-order valence-electron chi connectivity index (χ1n) is 9.19. The molecule has 0 aromatic heterocycles. The summed E-state index contributed by atoms with van der Waals surface area (Å²) in [5.74, 6) is -0.0375. The lowest BCUT2D eigenvalue weighted by atomic mass is 10.1. The number of nitrogens with two attached hydrogens (primary N) is 1. The van der Waals surface area contributed by atoms with Crippen molar-refractivity contribution in [2.24, 2.45) is 11.7 Å². The van der Waals surface area contributed by atoms with Crippen molar-refractivity contribution < 1.29 is 9.59 Å². The fourth-order valence-corrected chi connectivity index (χ4v) is 3.67. The molecule has 2 unspecified atom stereocenters. The molecule has 2 aliphatic rings. The highest BCUT2D eigenvalue weighted by Crippen LogP contribution is 2.23. The number of hydrogen-bond donors (Lipinski definition) is 2. The van der Waals surface area contributed by atoms with Gasteiger partial charge in [0.1, 0.15) is 0 Å². The van der Waals surface area contributed by atoms with Gasteiger partial charge in [-0.1, -0.05) is 30.3 Å². The lowest BCUT2D eigenvalue weighted by Gasteiger charge is -2.34. The zero-order chi connectivity index (χ0) is 17.6. The molecule has 2 amide bonds. The number of halogens is 2. The van der Waals surface area contributed by atoms with E-state index in [0.717, 1.165) is 52.0 Å². The maximum absolute atomic E-state index is 12.3. The van der Waals surface area contributed by atoms with Crippen LogP contribution in [0.3, 0.4) is 0 Å². The van der Waals surface area contributed by atoms with Gasteiger partial charge in [-0.25, -0.2) is 0 Å². The van der Waals surface area contributed by atoms with Gasteiger partial charge in [0.25, 0.3) is 0 Å². The predicted octanol–water partition coefficient (Wildman–Crippen LogP) is 1.42. The molecule has 0 bridgehead atoms. The summed E-state index contributed by atoms with van der Waals surface area (Å²) in [5, 5.41) is 2.79. The third-order valence-corrected chi connectivity index (χ3v) is 5.23. The SMILES string of the molecule is Cl.Cl.NC1CCC(C(=O)NCC(=O)N2CCN(Cc3ccccc3)CC2)C1. The van der Waals surface area contributed by atoms with Gasteiger partial charge >= 0.3 is 0 Å². The number of carbonyl (C=O) groups is 2. The van der Waals surface area contributed by atoms with Gasteiger partial charge in [-0.3, -0.25) is 14.5 Å². The van der Waals surface area contributed by atoms with Gasteiger partial charge in [0.05, 0.1) is 6.54 Å². The molecule has 2 fully saturated rings. The highest BCUT2D eigenvalue weighted by Gasteiger charge is 2.28. The quantitative estimate of drug-likeness (QED) is 0.760. The second kappa shape index (κ2) is 11.5. The third-order valence-electron chi connectivity index (χ3n) is 5.23. The van der Waals surface area contributed by atoms with E-state index in [-0.39, 0.29) is 55.1 Å². The zero-order valence-electron chi connectivity index (χ0n) is 15.5. The monoisotopic (exact) mass is 416 g/mol. The summed E-state index contributed by atoms with van der Waals surface area (Å²) >= 11 is 0. The summed E-state index contributed by atoms with van der Waals surface area (Å²) in [6.07, 6.45) is 2.47. The van der Waals surface area contributed by atoms with Gasteiger partial charge < -0.3 is 16.0 Å². The summed E-state index contributed by atoms with van der Waals surface area (Å²) in [4.78, 5) is 28.6. The number of nitrogens with zero attached hydrogens (tertiary/aromatic N) is 2. The topological polar surface area (TPSA) is 78.7 Å². The van der Waals surface area contributed by atoms with Crippen molar-refractivity contribution in [1.82, 2.24) is 15.1 Å². The number of benzene rings is 1. The minimum absolute atomic E-state index is 0. The summed E-state index contributed by atoms with van der Waals surface area (Å²) in [7, 11) is 0. The first-order chi connectivity index (χ1) is 12.1. The molecule has 2 atom stereocenters. The smallest absolute Gasteiger partial charge is 0.242 e. The van der Waals surface area contributed by atoms with E-state index in [1.54, 1.807) is 0 Å². The fourth-order valence-electron chi connectivity index (χ4n) is 3.67.